The third kappa shape index (κ3) is 6.56. The summed E-state index contributed by atoms with van der Waals surface area (Å²) in [6.07, 6.45) is 0.916. The van der Waals surface area contributed by atoms with Gasteiger partial charge in [0, 0.05) is 13.1 Å². The molecule has 202 valence electrons. The van der Waals surface area contributed by atoms with Crippen LogP contribution in [-0.4, -0.2) is 68.7 Å². The van der Waals surface area contributed by atoms with Crippen LogP contribution in [0, 0.1) is 17.8 Å². The minimum Gasteiger partial charge on any atom is -0.465 e. The lowest BCUT2D eigenvalue weighted by atomic mass is 9.81. The molecule has 2 aliphatic rings. The molecule has 1 aromatic carbocycles. The summed E-state index contributed by atoms with van der Waals surface area (Å²) in [6, 6.07) is 8.86. The molecule has 2 fully saturated rings. The summed E-state index contributed by atoms with van der Waals surface area (Å²) in [5, 5.41) is 21.8. The molecule has 2 aliphatic heterocycles. The van der Waals surface area contributed by atoms with Crippen LogP contribution >= 0.6 is 0 Å². The number of hydrogen-bond acceptors (Lipinski definition) is 6. The lowest BCUT2D eigenvalue weighted by Crippen LogP contribution is -2.57. The Bertz CT molecular complexity index is 1010. The average Bonchev–Trinajstić information content (AvgIpc) is 3.09. The predicted molar refractivity (Wildman–Crippen MR) is 131 cm³/mol. The minimum atomic E-state index is -1.29. The van der Waals surface area contributed by atoms with Crippen molar-refractivity contribution in [3.8, 4) is 0 Å². The van der Waals surface area contributed by atoms with Gasteiger partial charge in [-0.25, -0.2) is 15.1 Å². The Balaban J connectivity index is 1.72. The second-order valence-electron chi connectivity index (χ2n) is 10.1. The van der Waals surface area contributed by atoms with E-state index in [0.29, 0.717) is 24.3 Å². The molecule has 0 aliphatic carbocycles. The van der Waals surface area contributed by atoms with Gasteiger partial charge >= 0.3 is 12.1 Å². The normalized spacial score (nSPS) is 18.5. The van der Waals surface area contributed by atoms with E-state index in [-0.39, 0.29) is 38.3 Å². The third-order valence-electron chi connectivity index (χ3n) is 7.09. The molecule has 0 unspecified atom stereocenters. The highest BCUT2D eigenvalue weighted by Gasteiger charge is 2.54. The minimum absolute atomic E-state index is 0.00802. The summed E-state index contributed by atoms with van der Waals surface area (Å²) in [5.41, 5.74) is 3.85. The van der Waals surface area contributed by atoms with Crippen LogP contribution in [0.3, 0.4) is 0 Å². The molecule has 1 spiro atoms. The van der Waals surface area contributed by atoms with E-state index in [4.69, 9.17) is 0 Å². The molecule has 12 heteroatoms. The number of carbonyl (C=O) groups is 5. The number of imide groups is 1. The highest BCUT2D eigenvalue weighted by Crippen LogP contribution is 2.30. The fourth-order valence-corrected chi connectivity index (χ4v) is 5.06. The number of hydroxylamine groups is 1. The number of carbonyl (C=O) groups excluding carboxylic acids is 4. The van der Waals surface area contributed by atoms with Crippen LogP contribution in [0.25, 0.3) is 0 Å². The van der Waals surface area contributed by atoms with Crippen LogP contribution in [0.1, 0.15) is 51.5 Å². The molecule has 5 N–H and O–H groups in total. The van der Waals surface area contributed by atoms with E-state index in [0.717, 1.165) is 10.5 Å². The molecule has 0 aromatic heterocycles. The Morgan fingerprint density at radius 1 is 1.05 bits per heavy atom. The van der Waals surface area contributed by atoms with Gasteiger partial charge in [-0.2, -0.15) is 5.01 Å². The molecule has 0 saturated carbocycles. The second-order valence-corrected chi connectivity index (χ2v) is 10.1. The Morgan fingerprint density at radius 3 is 2.27 bits per heavy atom. The zero-order chi connectivity index (χ0) is 27.2. The van der Waals surface area contributed by atoms with Crippen molar-refractivity contribution < 1.29 is 34.3 Å². The van der Waals surface area contributed by atoms with Crippen molar-refractivity contribution in [2.24, 2.45) is 17.8 Å². The number of urea groups is 1. The van der Waals surface area contributed by atoms with Gasteiger partial charge in [0.2, 0.25) is 11.8 Å². The van der Waals surface area contributed by atoms with E-state index >= 15 is 0 Å². The van der Waals surface area contributed by atoms with Gasteiger partial charge in [-0.3, -0.25) is 25.0 Å². The first-order chi connectivity index (χ1) is 17.6. The van der Waals surface area contributed by atoms with Crippen molar-refractivity contribution in [3.05, 3.63) is 35.9 Å². The zero-order valence-electron chi connectivity index (χ0n) is 21.1. The fourth-order valence-electron chi connectivity index (χ4n) is 5.06. The second kappa shape index (κ2) is 12.0. The Morgan fingerprint density at radius 2 is 1.70 bits per heavy atom. The fraction of sp³-hybridized carbons (Fsp3) is 0.560. The summed E-state index contributed by atoms with van der Waals surface area (Å²) in [6.45, 7) is 3.91. The summed E-state index contributed by atoms with van der Waals surface area (Å²) < 4.78 is 0. The number of carboxylic acid groups (broad SMARTS) is 1. The topological polar surface area (TPSA) is 168 Å². The smallest absolute Gasteiger partial charge is 0.407 e. The van der Waals surface area contributed by atoms with Gasteiger partial charge in [0.1, 0.15) is 5.54 Å². The van der Waals surface area contributed by atoms with Crippen LogP contribution < -0.4 is 16.2 Å². The van der Waals surface area contributed by atoms with Gasteiger partial charge in [0.25, 0.3) is 5.91 Å². The summed E-state index contributed by atoms with van der Waals surface area (Å²) in [7, 11) is 0. The van der Waals surface area contributed by atoms with Crippen molar-refractivity contribution in [3.63, 3.8) is 0 Å². The van der Waals surface area contributed by atoms with Crippen molar-refractivity contribution in [2.45, 2.75) is 57.9 Å². The summed E-state index contributed by atoms with van der Waals surface area (Å²) in [4.78, 5) is 64.3. The first-order valence-corrected chi connectivity index (χ1v) is 12.5. The Labute approximate surface area is 215 Å². The lowest BCUT2D eigenvalue weighted by Gasteiger charge is -2.35. The largest absolute Gasteiger partial charge is 0.465 e. The summed E-state index contributed by atoms with van der Waals surface area (Å²) in [5.74, 6) is -3.83. The molecular formula is C25H35N5O7. The highest BCUT2D eigenvalue weighted by atomic mass is 16.5. The van der Waals surface area contributed by atoms with E-state index in [1.165, 1.54) is 0 Å². The molecule has 1 aromatic rings. The van der Waals surface area contributed by atoms with Gasteiger partial charge in [0.05, 0.1) is 11.8 Å². The van der Waals surface area contributed by atoms with Gasteiger partial charge in [-0.15, -0.1) is 0 Å². The van der Waals surface area contributed by atoms with E-state index < -0.39 is 47.2 Å². The maximum absolute atomic E-state index is 13.4. The van der Waals surface area contributed by atoms with Crippen molar-refractivity contribution >= 4 is 29.8 Å². The predicted octanol–water partition coefficient (Wildman–Crippen LogP) is 1.89. The number of piperidine rings is 1. The Hall–Kier alpha value is -3.67. The van der Waals surface area contributed by atoms with Crippen LogP contribution in [0.15, 0.2) is 30.3 Å². The van der Waals surface area contributed by atoms with E-state index in [1.807, 2.05) is 44.2 Å². The third-order valence-corrected chi connectivity index (χ3v) is 7.09. The van der Waals surface area contributed by atoms with Crippen molar-refractivity contribution in [1.82, 2.24) is 26.1 Å². The van der Waals surface area contributed by atoms with Gasteiger partial charge in [-0.1, -0.05) is 44.2 Å². The number of hydrogen-bond donors (Lipinski definition) is 5. The average molecular weight is 518 g/mol. The van der Waals surface area contributed by atoms with Crippen molar-refractivity contribution in [2.75, 3.05) is 13.1 Å². The molecule has 37 heavy (non-hydrogen) atoms. The SMILES string of the molecule is CC(C)C[C@@H](C(=O)NN1C(=O)NC2(CCN(C(=O)O)CC2)C1=O)[C@H](CCCc1ccccc1)C(=O)NO. The number of benzene rings is 1. The quantitative estimate of drug-likeness (QED) is 0.179. The zero-order valence-corrected chi connectivity index (χ0v) is 21.1. The van der Waals surface area contributed by atoms with Crippen LogP contribution in [-0.2, 0) is 20.8 Å². The Kier molecular flexibility index (Phi) is 9.09. The number of hydrazine groups is 1. The van der Waals surface area contributed by atoms with Crippen LogP contribution in [0.5, 0.6) is 0 Å². The number of rotatable bonds is 10. The summed E-state index contributed by atoms with van der Waals surface area (Å²) >= 11 is 0. The standard InChI is InChI=1S/C25H35N5O7/c1-16(2)15-19(18(21(32)28-37)10-6-9-17-7-4-3-5-8-17)20(31)27-30-22(33)25(26-23(30)34)11-13-29(14-12-25)24(35)36/h3-5,7-8,16,18-19,37H,6,9-15H2,1-2H3,(H,26,34)(H,27,31)(H,28,32)(H,35,36)/t18-,19+/m0/s1. The van der Waals surface area contributed by atoms with E-state index in [1.54, 1.807) is 5.48 Å². The molecule has 0 bridgehead atoms. The van der Waals surface area contributed by atoms with Gasteiger partial charge in [-0.05, 0) is 50.0 Å². The molecule has 12 nitrogen and oxygen atoms in total. The van der Waals surface area contributed by atoms with Crippen LogP contribution in [0.4, 0.5) is 9.59 Å². The maximum Gasteiger partial charge on any atom is 0.407 e. The maximum atomic E-state index is 13.4. The van der Waals surface area contributed by atoms with Crippen molar-refractivity contribution in [1.29, 1.82) is 0 Å². The molecule has 2 atom stereocenters. The first kappa shape index (κ1) is 27.9. The number of nitrogens with zero attached hydrogens (tertiary/aromatic N) is 2. The number of nitrogens with one attached hydrogen (secondary N) is 3. The highest BCUT2D eigenvalue weighted by molar-refractivity contribution is 6.08. The molecule has 3 rings (SSSR count). The number of aryl methyl sites for hydroxylation is 1. The molecule has 2 heterocycles. The van der Waals surface area contributed by atoms with Gasteiger partial charge in [0.15, 0.2) is 0 Å². The van der Waals surface area contributed by atoms with Gasteiger partial charge < -0.3 is 15.3 Å². The number of likely N-dealkylation sites (tertiary alicyclic amines) is 1. The van der Waals surface area contributed by atoms with Crippen LogP contribution in [0.2, 0.25) is 0 Å². The van der Waals surface area contributed by atoms with E-state index in [9.17, 15) is 34.3 Å². The molecule has 0 radical (unpaired) electrons. The molecular weight excluding hydrogens is 482 g/mol. The lowest BCUT2D eigenvalue weighted by molar-refractivity contribution is -0.146. The van der Waals surface area contributed by atoms with E-state index in [2.05, 4.69) is 10.7 Å². The monoisotopic (exact) mass is 517 g/mol. The number of amides is 6. The molecule has 2 saturated heterocycles. The molecule has 6 amide bonds. The first-order valence-electron chi connectivity index (χ1n) is 12.5.